The number of ether oxygens (including phenoxy) is 2. The first kappa shape index (κ1) is 22.8. The molecular weight excluding hydrogens is 416 g/mol. The number of carbonyl (C=O) groups excluding carboxylic acids is 3. The third-order valence-corrected chi connectivity index (χ3v) is 6.43. The third-order valence-electron chi connectivity index (χ3n) is 5.47. The Balaban J connectivity index is 1.53. The van der Waals surface area contributed by atoms with Crippen LogP contribution in [0.2, 0.25) is 0 Å². The highest BCUT2D eigenvalue weighted by Gasteiger charge is 2.27. The second-order valence-corrected chi connectivity index (χ2v) is 8.95. The van der Waals surface area contributed by atoms with Crippen molar-refractivity contribution in [2.24, 2.45) is 0 Å². The van der Waals surface area contributed by atoms with Crippen LogP contribution in [-0.4, -0.2) is 67.8 Å². The molecule has 1 aromatic carbocycles. The maximum absolute atomic E-state index is 12.9. The zero-order chi connectivity index (χ0) is 22.5. The largest absolute Gasteiger partial charge is 0.497 e. The molecule has 0 N–H and O–H groups in total. The number of hydrogen-bond acceptors (Lipinski definition) is 6. The van der Waals surface area contributed by atoms with E-state index in [9.17, 15) is 14.4 Å². The highest BCUT2D eigenvalue weighted by Crippen LogP contribution is 2.26. The summed E-state index contributed by atoms with van der Waals surface area (Å²) in [7, 11) is 3.07. The van der Waals surface area contributed by atoms with E-state index in [2.05, 4.69) is 0 Å². The highest BCUT2D eigenvalue weighted by molar-refractivity contribution is 7.12. The van der Waals surface area contributed by atoms with Gasteiger partial charge in [0.1, 0.15) is 11.5 Å². The molecule has 31 heavy (non-hydrogen) atoms. The van der Waals surface area contributed by atoms with E-state index in [4.69, 9.17) is 9.47 Å². The first-order valence-corrected chi connectivity index (χ1v) is 11.0. The minimum atomic E-state index is -0.134. The van der Waals surface area contributed by atoms with Gasteiger partial charge in [-0.3, -0.25) is 14.4 Å². The minimum Gasteiger partial charge on any atom is -0.497 e. The van der Waals surface area contributed by atoms with Crippen LogP contribution in [0.3, 0.4) is 0 Å². The third kappa shape index (κ3) is 5.25. The predicted octanol–water partition coefficient (Wildman–Crippen LogP) is 3.33. The van der Waals surface area contributed by atoms with Gasteiger partial charge in [0, 0.05) is 60.4 Å². The van der Waals surface area contributed by atoms with Gasteiger partial charge in [0.25, 0.3) is 5.91 Å². The Kier molecular flexibility index (Phi) is 7.33. The van der Waals surface area contributed by atoms with Crippen molar-refractivity contribution in [3.8, 4) is 11.5 Å². The number of carbonyl (C=O) groups is 3. The molecule has 8 heteroatoms. The van der Waals surface area contributed by atoms with Gasteiger partial charge in [0.05, 0.1) is 19.8 Å². The van der Waals surface area contributed by atoms with Gasteiger partial charge in [-0.05, 0) is 32.0 Å². The van der Waals surface area contributed by atoms with Crippen LogP contribution in [0, 0.1) is 13.8 Å². The normalized spacial score (nSPS) is 13.8. The van der Waals surface area contributed by atoms with Gasteiger partial charge in [-0.15, -0.1) is 11.3 Å². The molecule has 0 aliphatic carbocycles. The fourth-order valence-corrected chi connectivity index (χ4v) is 4.67. The van der Waals surface area contributed by atoms with Gasteiger partial charge in [0.15, 0.2) is 5.78 Å². The Bertz CT molecular complexity index is 976. The highest BCUT2D eigenvalue weighted by atomic mass is 32.1. The average Bonchev–Trinajstić information content (AvgIpc) is 3.14. The van der Waals surface area contributed by atoms with Crippen molar-refractivity contribution in [3.63, 3.8) is 0 Å². The van der Waals surface area contributed by atoms with Gasteiger partial charge >= 0.3 is 0 Å². The van der Waals surface area contributed by atoms with Crippen molar-refractivity contribution in [2.75, 3.05) is 40.4 Å². The summed E-state index contributed by atoms with van der Waals surface area (Å²) >= 11 is 1.60. The lowest BCUT2D eigenvalue weighted by Gasteiger charge is -2.35. The van der Waals surface area contributed by atoms with E-state index in [1.54, 1.807) is 46.4 Å². The first-order valence-electron chi connectivity index (χ1n) is 10.2. The lowest BCUT2D eigenvalue weighted by molar-refractivity contribution is -0.132. The zero-order valence-electron chi connectivity index (χ0n) is 18.4. The molecule has 0 atom stereocenters. The summed E-state index contributed by atoms with van der Waals surface area (Å²) in [6.45, 7) is 5.69. The van der Waals surface area contributed by atoms with Crippen LogP contribution in [-0.2, 0) is 4.79 Å². The number of ketones is 1. The Labute approximate surface area is 186 Å². The lowest BCUT2D eigenvalue weighted by Crippen LogP contribution is -2.50. The number of hydrogen-bond donors (Lipinski definition) is 0. The average molecular weight is 445 g/mol. The summed E-state index contributed by atoms with van der Waals surface area (Å²) in [5.74, 6) is 0.902. The molecule has 1 saturated heterocycles. The summed E-state index contributed by atoms with van der Waals surface area (Å²) in [5, 5.41) is 0. The number of benzene rings is 1. The van der Waals surface area contributed by atoms with E-state index in [1.807, 2.05) is 19.9 Å². The molecule has 1 fully saturated rings. The van der Waals surface area contributed by atoms with Crippen molar-refractivity contribution in [3.05, 3.63) is 45.1 Å². The van der Waals surface area contributed by atoms with Gasteiger partial charge in [0.2, 0.25) is 5.91 Å². The summed E-state index contributed by atoms with van der Waals surface area (Å²) in [5.41, 5.74) is 1.19. The maximum atomic E-state index is 12.9. The molecule has 0 spiro atoms. The van der Waals surface area contributed by atoms with Crippen molar-refractivity contribution in [2.45, 2.75) is 26.7 Å². The van der Waals surface area contributed by atoms with Crippen LogP contribution in [0.4, 0.5) is 0 Å². The standard InChI is InChI=1S/C23H28N2O5S/c1-15-13-19(16(2)31-15)20(26)7-8-22(27)24-9-11-25(12-10-24)23(28)18-6-5-17(29-3)14-21(18)30-4/h5-6,13-14H,7-12H2,1-4H3. The molecule has 1 aliphatic heterocycles. The van der Waals surface area contributed by atoms with Gasteiger partial charge in [-0.2, -0.15) is 0 Å². The number of amides is 2. The van der Waals surface area contributed by atoms with Crippen molar-refractivity contribution in [1.29, 1.82) is 0 Å². The van der Waals surface area contributed by atoms with Crippen molar-refractivity contribution in [1.82, 2.24) is 9.80 Å². The van der Waals surface area contributed by atoms with E-state index in [0.717, 1.165) is 15.3 Å². The molecule has 1 aliphatic rings. The smallest absolute Gasteiger partial charge is 0.257 e. The van der Waals surface area contributed by atoms with Gasteiger partial charge in [-0.1, -0.05) is 0 Å². The molecule has 2 heterocycles. The number of methoxy groups -OCH3 is 2. The summed E-state index contributed by atoms with van der Waals surface area (Å²) < 4.78 is 10.5. The quantitative estimate of drug-likeness (QED) is 0.613. The minimum absolute atomic E-state index is 0.00983. The van der Waals surface area contributed by atoms with Crippen LogP contribution >= 0.6 is 11.3 Å². The van der Waals surface area contributed by atoms with E-state index >= 15 is 0 Å². The molecule has 0 bridgehead atoms. The van der Waals surface area contributed by atoms with E-state index in [1.165, 1.54) is 7.11 Å². The second kappa shape index (κ2) is 9.96. The van der Waals surface area contributed by atoms with Crippen molar-refractivity contribution < 1.29 is 23.9 Å². The molecule has 3 rings (SSSR count). The number of aryl methyl sites for hydroxylation is 2. The predicted molar refractivity (Wildman–Crippen MR) is 119 cm³/mol. The Morgan fingerprint density at radius 1 is 0.903 bits per heavy atom. The maximum Gasteiger partial charge on any atom is 0.257 e. The fourth-order valence-electron chi connectivity index (χ4n) is 3.73. The SMILES string of the molecule is COc1ccc(C(=O)N2CCN(C(=O)CCC(=O)c3cc(C)sc3C)CC2)c(OC)c1. The van der Waals surface area contributed by atoms with Crippen LogP contribution in [0.25, 0.3) is 0 Å². The summed E-state index contributed by atoms with van der Waals surface area (Å²) in [4.78, 5) is 43.5. The molecule has 166 valence electrons. The monoisotopic (exact) mass is 444 g/mol. The zero-order valence-corrected chi connectivity index (χ0v) is 19.2. The van der Waals surface area contributed by atoms with Crippen molar-refractivity contribution >= 4 is 28.9 Å². The van der Waals surface area contributed by atoms with Gasteiger partial charge < -0.3 is 19.3 Å². The number of Topliss-reactive ketones (excluding diaryl/α,β-unsaturated/α-hetero) is 1. The van der Waals surface area contributed by atoms with Crippen LogP contribution < -0.4 is 9.47 Å². The molecule has 2 amide bonds. The van der Waals surface area contributed by atoms with Crippen LogP contribution in [0.1, 0.15) is 43.3 Å². The molecule has 0 radical (unpaired) electrons. The molecule has 1 aromatic heterocycles. The van der Waals surface area contributed by atoms with Gasteiger partial charge in [-0.25, -0.2) is 0 Å². The molecular formula is C23H28N2O5S. The number of rotatable bonds is 7. The second-order valence-electron chi connectivity index (χ2n) is 7.49. The van der Waals surface area contributed by atoms with E-state index in [0.29, 0.717) is 43.2 Å². The first-order chi connectivity index (χ1) is 14.8. The molecule has 0 saturated carbocycles. The Morgan fingerprint density at radius 3 is 2.16 bits per heavy atom. The number of thiophene rings is 1. The molecule has 2 aromatic rings. The topological polar surface area (TPSA) is 76.2 Å². The lowest BCUT2D eigenvalue weighted by atomic mass is 10.1. The number of nitrogens with zero attached hydrogens (tertiary/aromatic N) is 2. The Hall–Kier alpha value is -2.87. The summed E-state index contributed by atoms with van der Waals surface area (Å²) in [6.07, 6.45) is 0.394. The van der Waals surface area contributed by atoms with Crippen LogP contribution in [0.5, 0.6) is 11.5 Å². The summed E-state index contributed by atoms with van der Waals surface area (Å²) in [6, 6.07) is 6.99. The Morgan fingerprint density at radius 2 is 1.58 bits per heavy atom. The molecule has 7 nitrogen and oxygen atoms in total. The fraction of sp³-hybridized carbons (Fsp3) is 0.435. The number of piperazine rings is 1. The molecule has 0 unspecified atom stereocenters. The van der Waals surface area contributed by atoms with E-state index < -0.39 is 0 Å². The van der Waals surface area contributed by atoms with E-state index in [-0.39, 0.29) is 30.4 Å². The van der Waals surface area contributed by atoms with Crippen LogP contribution in [0.15, 0.2) is 24.3 Å².